The predicted octanol–water partition coefficient (Wildman–Crippen LogP) is 4.96. The molecule has 4 aromatic rings. The van der Waals surface area contributed by atoms with Crippen molar-refractivity contribution in [3.05, 3.63) is 128 Å². The maximum atomic E-state index is 13.4. The Morgan fingerprint density at radius 3 is 1.90 bits per heavy atom. The summed E-state index contributed by atoms with van der Waals surface area (Å²) in [5.74, 6) is 0.794. The smallest absolute Gasteiger partial charge is 0.437 e. The van der Waals surface area contributed by atoms with E-state index in [0.717, 1.165) is 4.57 Å². The molecule has 3 aliphatic heterocycles. The maximum Gasteiger partial charge on any atom is 0.437 e. The van der Waals surface area contributed by atoms with Crippen LogP contribution in [0.15, 0.2) is 99.6 Å². The molecular formula is C42H49N5O11. The number of ether oxygens (including phenoxy) is 6. The topological polar surface area (TPSA) is 192 Å². The van der Waals surface area contributed by atoms with E-state index in [0.29, 0.717) is 28.2 Å². The lowest BCUT2D eigenvalue weighted by atomic mass is 9.79. The second kappa shape index (κ2) is 15.8. The lowest BCUT2D eigenvalue weighted by Crippen LogP contribution is -2.77. The molecule has 4 atom stereocenters. The van der Waals surface area contributed by atoms with E-state index >= 15 is 0 Å². The largest absolute Gasteiger partial charge is 0.497 e. The number of aliphatic hydroxyl groups is 1. The van der Waals surface area contributed by atoms with Crippen LogP contribution < -0.4 is 26.0 Å². The average Bonchev–Trinajstić information content (AvgIpc) is 3.66. The van der Waals surface area contributed by atoms with E-state index in [9.17, 15) is 24.3 Å². The zero-order valence-corrected chi connectivity index (χ0v) is 33.9. The number of methoxy groups -OCH3 is 2. The number of nitrogens with zero attached hydrogens (tertiary/aromatic N) is 3. The second-order valence-corrected chi connectivity index (χ2v) is 16.0. The Labute approximate surface area is 335 Å². The number of H-pyrrole nitrogens is 1. The summed E-state index contributed by atoms with van der Waals surface area (Å²) in [7, 11) is 3.12. The molecule has 7 rings (SSSR count). The predicted molar refractivity (Wildman–Crippen MR) is 212 cm³/mol. The van der Waals surface area contributed by atoms with Crippen molar-refractivity contribution in [3.8, 4) is 11.5 Å². The Bertz CT molecular complexity index is 2230. The molecule has 308 valence electrons. The number of guanidine groups is 1. The van der Waals surface area contributed by atoms with E-state index in [4.69, 9.17) is 28.4 Å². The van der Waals surface area contributed by atoms with Crippen molar-refractivity contribution in [2.24, 2.45) is 4.99 Å². The van der Waals surface area contributed by atoms with Gasteiger partial charge in [0.1, 0.15) is 40.4 Å². The number of alkyl carbamates (subject to hydrolysis) is 1. The number of hydrogen-bond donors (Lipinski definition) is 3. The summed E-state index contributed by atoms with van der Waals surface area (Å²) in [6.07, 6.45) is -3.46. The van der Waals surface area contributed by atoms with Crippen LogP contribution in [0.2, 0.25) is 0 Å². The number of aromatic nitrogens is 2. The van der Waals surface area contributed by atoms with Crippen molar-refractivity contribution in [3.63, 3.8) is 0 Å². The van der Waals surface area contributed by atoms with E-state index in [2.05, 4.69) is 15.3 Å². The molecule has 4 heterocycles. The SMILES string of the molecule is COc1ccc(C(OC[C@@]23O[C@@H](n4cc(C)c(=O)[nH]c4=O)C([C@@H]2O)N3/C(=N\C(=O)OC(C)(C)C)NC(=O)OC(C)(C)C)(c2ccccc2)c2ccc(OC)cc2)cc1. The van der Waals surface area contributed by atoms with Crippen LogP contribution in [0.25, 0.3) is 0 Å². The van der Waals surface area contributed by atoms with Crippen LogP contribution >= 0.6 is 0 Å². The van der Waals surface area contributed by atoms with Gasteiger partial charge in [-0.3, -0.25) is 24.6 Å². The van der Waals surface area contributed by atoms with Gasteiger partial charge in [0, 0.05) is 11.8 Å². The molecular weight excluding hydrogens is 750 g/mol. The van der Waals surface area contributed by atoms with Gasteiger partial charge < -0.3 is 33.5 Å². The molecule has 1 unspecified atom stereocenters. The maximum absolute atomic E-state index is 13.4. The Kier molecular flexibility index (Phi) is 11.3. The molecule has 2 amide bonds. The third-order valence-electron chi connectivity index (χ3n) is 9.63. The fourth-order valence-corrected chi connectivity index (χ4v) is 7.11. The van der Waals surface area contributed by atoms with Crippen LogP contribution in [-0.2, 0) is 24.5 Å². The molecule has 3 saturated heterocycles. The van der Waals surface area contributed by atoms with Gasteiger partial charge in [0.25, 0.3) is 5.56 Å². The number of hydrogen-bond acceptors (Lipinski definition) is 11. The summed E-state index contributed by atoms with van der Waals surface area (Å²) >= 11 is 0. The first-order valence-electron chi connectivity index (χ1n) is 18.6. The monoisotopic (exact) mass is 799 g/mol. The zero-order valence-electron chi connectivity index (χ0n) is 33.9. The number of carbonyl (C=O) groups is 2. The lowest BCUT2D eigenvalue weighted by molar-refractivity contribution is -0.234. The first-order chi connectivity index (χ1) is 27.3. The van der Waals surface area contributed by atoms with Crippen LogP contribution in [0, 0.1) is 6.92 Å². The number of aromatic amines is 1. The van der Waals surface area contributed by atoms with Gasteiger partial charge >= 0.3 is 17.9 Å². The lowest BCUT2D eigenvalue weighted by Gasteiger charge is -2.53. The summed E-state index contributed by atoms with van der Waals surface area (Å²) in [5.41, 5.74) is -4.51. The minimum Gasteiger partial charge on any atom is -0.497 e. The number of nitrogens with one attached hydrogen (secondary N) is 2. The normalized spacial score (nSPS) is 20.6. The molecule has 3 aromatic carbocycles. The molecule has 0 spiro atoms. The second-order valence-electron chi connectivity index (χ2n) is 16.0. The molecule has 3 aliphatic rings. The minimum atomic E-state index is -1.94. The molecule has 1 aromatic heterocycles. The highest BCUT2D eigenvalue weighted by molar-refractivity contribution is 6.00. The summed E-state index contributed by atoms with van der Waals surface area (Å²) in [4.78, 5) is 60.4. The van der Waals surface area contributed by atoms with Gasteiger partial charge in [-0.2, -0.15) is 0 Å². The van der Waals surface area contributed by atoms with Crippen molar-refractivity contribution in [2.45, 2.75) is 89.4 Å². The van der Waals surface area contributed by atoms with Gasteiger partial charge in [-0.25, -0.2) is 14.4 Å². The van der Waals surface area contributed by atoms with Gasteiger partial charge in [-0.15, -0.1) is 4.99 Å². The number of carbonyl (C=O) groups excluding carboxylic acids is 2. The quantitative estimate of drug-likeness (QED) is 0.117. The fraction of sp³-hybridized carbons (Fsp3) is 0.405. The summed E-state index contributed by atoms with van der Waals surface area (Å²) < 4.78 is 37.0. The number of aryl methyl sites for hydroxylation is 1. The van der Waals surface area contributed by atoms with Gasteiger partial charge in [-0.05, 0) is 89.4 Å². The molecule has 3 fully saturated rings. The number of rotatable bonds is 9. The first kappa shape index (κ1) is 41.7. The van der Waals surface area contributed by atoms with Gasteiger partial charge in [-0.1, -0.05) is 54.6 Å². The Balaban J connectivity index is 1.55. The molecule has 2 bridgehead atoms. The highest BCUT2D eigenvalue weighted by atomic mass is 16.6. The van der Waals surface area contributed by atoms with Gasteiger partial charge in [0.05, 0.1) is 20.8 Å². The molecule has 0 saturated carbocycles. The van der Waals surface area contributed by atoms with E-state index in [1.807, 2.05) is 54.6 Å². The minimum absolute atomic E-state index is 0.190. The number of aliphatic hydroxyl groups excluding tert-OH is 1. The zero-order chi connectivity index (χ0) is 42.2. The Morgan fingerprint density at radius 2 is 1.38 bits per heavy atom. The number of amides is 2. The molecule has 3 N–H and O–H groups in total. The summed E-state index contributed by atoms with van der Waals surface area (Å²) in [6.45, 7) is 11.0. The van der Waals surface area contributed by atoms with Crippen molar-refractivity contribution in [2.75, 3.05) is 20.8 Å². The Morgan fingerprint density at radius 1 is 0.845 bits per heavy atom. The molecule has 0 radical (unpaired) electrons. The van der Waals surface area contributed by atoms with E-state index in [1.54, 1.807) is 80.0 Å². The van der Waals surface area contributed by atoms with Crippen LogP contribution in [0.1, 0.15) is 70.0 Å². The van der Waals surface area contributed by atoms with Crippen molar-refractivity contribution >= 4 is 18.1 Å². The molecule has 16 heteroatoms. The third-order valence-corrected chi connectivity index (χ3v) is 9.63. The van der Waals surface area contributed by atoms with Crippen LogP contribution in [0.5, 0.6) is 11.5 Å². The van der Waals surface area contributed by atoms with E-state index in [-0.39, 0.29) is 5.56 Å². The highest BCUT2D eigenvalue weighted by Crippen LogP contribution is 2.55. The van der Waals surface area contributed by atoms with Crippen LogP contribution in [0.4, 0.5) is 9.59 Å². The molecule has 16 nitrogen and oxygen atoms in total. The molecule has 0 aliphatic carbocycles. The van der Waals surface area contributed by atoms with Gasteiger partial charge in [0.15, 0.2) is 12.0 Å². The molecule has 58 heavy (non-hydrogen) atoms. The summed E-state index contributed by atoms with van der Waals surface area (Å²) in [6, 6.07) is 22.8. The first-order valence-corrected chi connectivity index (χ1v) is 18.6. The van der Waals surface area contributed by atoms with Crippen molar-refractivity contribution in [1.82, 2.24) is 19.8 Å². The highest BCUT2D eigenvalue weighted by Gasteiger charge is 2.74. The number of fused-ring (bicyclic) bond motifs is 1. The third kappa shape index (κ3) is 8.08. The standard InChI is InChI=1S/C42H49N5O11/c1-25-23-46(36(50)43-33(25)49)34-31-32(48)41(56-34,47(31)35(44-37(51)57-39(2,3)4)45-38(52)58-40(5,6)7)24-55-42(26-13-11-10-12-14-26,27-15-19-29(53-8)20-16-27)28-17-21-30(54-9)22-18-28/h10-23,31-32,34,48H,24H2,1-9H3,(H,43,49,50)(H,44,45,51,52)/t31?,32-,34+,41+/m0/s1. The fourth-order valence-electron chi connectivity index (χ4n) is 7.11. The summed E-state index contributed by atoms with van der Waals surface area (Å²) in [5, 5.41) is 14.7. The van der Waals surface area contributed by atoms with Crippen molar-refractivity contribution < 1.29 is 43.1 Å². The van der Waals surface area contributed by atoms with Crippen LogP contribution in [0.3, 0.4) is 0 Å². The number of benzene rings is 3. The van der Waals surface area contributed by atoms with Crippen LogP contribution in [-0.4, -0.2) is 87.6 Å². The van der Waals surface area contributed by atoms with Gasteiger partial charge in [0.2, 0.25) is 5.96 Å². The van der Waals surface area contributed by atoms with E-state index < -0.39 is 76.9 Å². The number of aliphatic imine (C=N–C) groups is 1. The average molecular weight is 800 g/mol. The van der Waals surface area contributed by atoms with E-state index in [1.165, 1.54) is 18.0 Å². The Hall–Kier alpha value is -5.97. The van der Waals surface area contributed by atoms with Crippen molar-refractivity contribution in [1.29, 1.82) is 0 Å².